The Bertz CT molecular complexity index is 426. The smallest absolute Gasteiger partial charge is 0.306 e. The average molecular weight is 198 g/mol. The van der Waals surface area contributed by atoms with Gasteiger partial charge < -0.3 is 10.7 Å². The van der Waals surface area contributed by atoms with Crippen LogP contribution < -0.4 is 10.6 Å². The van der Waals surface area contributed by atoms with Crippen molar-refractivity contribution in [1.82, 2.24) is 4.98 Å². The zero-order valence-corrected chi connectivity index (χ0v) is 7.67. The number of nitrogens with two attached hydrogens (primary N) is 1. The van der Waals surface area contributed by atoms with Crippen molar-refractivity contribution in [3.63, 3.8) is 0 Å². The summed E-state index contributed by atoms with van der Waals surface area (Å²) >= 11 is 2.60. The number of hydrogen-bond acceptors (Lipinski definition) is 4. The summed E-state index contributed by atoms with van der Waals surface area (Å²) in [6, 6.07) is 3.86. The highest BCUT2D eigenvalue weighted by Crippen LogP contribution is 2.28. The first-order valence-electron chi connectivity index (χ1n) is 3.30. The lowest BCUT2D eigenvalue weighted by molar-refractivity contribution is 1.35. The number of H-pyrrole nitrogens is 1. The normalized spacial score (nSPS) is 10.3. The van der Waals surface area contributed by atoms with Gasteiger partial charge in [0.25, 0.3) is 0 Å². The zero-order chi connectivity index (χ0) is 8.55. The number of aromatic amines is 1. The van der Waals surface area contributed by atoms with Crippen LogP contribution in [0.5, 0.6) is 0 Å². The van der Waals surface area contributed by atoms with Crippen molar-refractivity contribution in [2.75, 3.05) is 5.73 Å². The highest BCUT2D eigenvalue weighted by molar-refractivity contribution is 7.16. The standard InChI is InChI=1S/C7H6N2OS2/c8-6-5(9-7(10)12-6)4-2-1-3-11-4/h1-3H,8H2,(H,9,10). The van der Waals surface area contributed by atoms with E-state index in [0.717, 1.165) is 21.9 Å². The Morgan fingerprint density at radius 2 is 2.33 bits per heavy atom. The van der Waals surface area contributed by atoms with Crippen molar-refractivity contribution >= 4 is 27.7 Å². The van der Waals surface area contributed by atoms with Crippen molar-refractivity contribution in [2.24, 2.45) is 0 Å². The van der Waals surface area contributed by atoms with Crippen molar-refractivity contribution in [2.45, 2.75) is 0 Å². The molecule has 0 aliphatic rings. The van der Waals surface area contributed by atoms with Crippen LogP contribution in [0.3, 0.4) is 0 Å². The Kier molecular flexibility index (Phi) is 1.74. The van der Waals surface area contributed by atoms with E-state index in [1.807, 2.05) is 17.5 Å². The van der Waals surface area contributed by atoms with Gasteiger partial charge in [0.15, 0.2) is 0 Å². The molecule has 12 heavy (non-hydrogen) atoms. The lowest BCUT2D eigenvalue weighted by Crippen LogP contribution is -1.91. The molecule has 5 heteroatoms. The van der Waals surface area contributed by atoms with E-state index < -0.39 is 0 Å². The largest absolute Gasteiger partial charge is 0.389 e. The number of nitrogen functional groups attached to an aromatic ring is 1. The monoisotopic (exact) mass is 198 g/mol. The molecule has 2 aromatic rings. The summed E-state index contributed by atoms with van der Waals surface area (Å²) in [7, 11) is 0. The second kappa shape index (κ2) is 2.76. The maximum atomic E-state index is 10.9. The van der Waals surface area contributed by atoms with E-state index in [1.165, 1.54) is 0 Å². The van der Waals surface area contributed by atoms with E-state index >= 15 is 0 Å². The van der Waals surface area contributed by atoms with Crippen LogP contribution in [0.4, 0.5) is 5.00 Å². The molecule has 2 heterocycles. The van der Waals surface area contributed by atoms with E-state index in [-0.39, 0.29) is 4.87 Å². The van der Waals surface area contributed by atoms with Gasteiger partial charge in [-0.15, -0.1) is 11.3 Å². The second-order valence-electron chi connectivity index (χ2n) is 2.23. The summed E-state index contributed by atoms with van der Waals surface area (Å²) in [5.41, 5.74) is 6.38. The van der Waals surface area contributed by atoms with E-state index in [0.29, 0.717) is 5.00 Å². The number of rotatable bonds is 1. The third-order valence-corrected chi connectivity index (χ3v) is 3.04. The Labute approximate surface area is 76.5 Å². The van der Waals surface area contributed by atoms with Crippen LogP contribution >= 0.6 is 22.7 Å². The summed E-state index contributed by atoms with van der Waals surface area (Å²) < 4.78 is 0. The Hall–Kier alpha value is -1.07. The molecule has 0 unspecified atom stereocenters. The number of anilines is 1. The zero-order valence-electron chi connectivity index (χ0n) is 6.03. The van der Waals surface area contributed by atoms with Gasteiger partial charge in [-0.1, -0.05) is 17.4 Å². The van der Waals surface area contributed by atoms with Crippen molar-refractivity contribution in [3.8, 4) is 10.6 Å². The minimum absolute atomic E-state index is 0.101. The van der Waals surface area contributed by atoms with Crippen LogP contribution in [0.15, 0.2) is 22.3 Å². The fourth-order valence-electron chi connectivity index (χ4n) is 0.944. The highest BCUT2D eigenvalue weighted by atomic mass is 32.1. The van der Waals surface area contributed by atoms with Gasteiger partial charge in [0, 0.05) is 0 Å². The molecule has 0 aliphatic heterocycles. The summed E-state index contributed by atoms with van der Waals surface area (Å²) in [6.45, 7) is 0. The molecule has 0 saturated heterocycles. The number of hydrogen-bond donors (Lipinski definition) is 2. The molecule has 62 valence electrons. The van der Waals surface area contributed by atoms with Crippen LogP contribution in [0.2, 0.25) is 0 Å². The quantitative estimate of drug-likeness (QED) is 0.733. The Morgan fingerprint density at radius 1 is 1.50 bits per heavy atom. The number of nitrogens with one attached hydrogen (secondary N) is 1. The molecule has 3 nitrogen and oxygen atoms in total. The third kappa shape index (κ3) is 1.17. The van der Waals surface area contributed by atoms with Gasteiger partial charge in [-0.25, -0.2) is 0 Å². The van der Waals surface area contributed by atoms with Gasteiger partial charge in [-0.2, -0.15) is 0 Å². The molecule has 0 saturated carbocycles. The van der Waals surface area contributed by atoms with Gasteiger partial charge >= 0.3 is 4.87 Å². The van der Waals surface area contributed by atoms with Crippen LogP contribution in [0.1, 0.15) is 0 Å². The molecule has 0 aromatic carbocycles. The first kappa shape index (κ1) is 7.57. The van der Waals surface area contributed by atoms with Gasteiger partial charge in [0.2, 0.25) is 0 Å². The maximum Gasteiger partial charge on any atom is 0.306 e. The third-order valence-electron chi connectivity index (χ3n) is 1.44. The van der Waals surface area contributed by atoms with Crippen molar-refractivity contribution in [3.05, 3.63) is 27.2 Å². The summed E-state index contributed by atoms with van der Waals surface area (Å²) in [6.07, 6.45) is 0. The molecule has 3 N–H and O–H groups in total. The Morgan fingerprint density at radius 3 is 2.83 bits per heavy atom. The molecule has 2 rings (SSSR count). The second-order valence-corrected chi connectivity index (χ2v) is 4.19. The molecule has 2 aromatic heterocycles. The molecular formula is C7H6N2OS2. The van der Waals surface area contributed by atoms with Gasteiger partial charge in [0.05, 0.1) is 10.6 Å². The summed E-state index contributed by atoms with van der Waals surface area (Å²) in [5.74, 6) is 0. The predicted molar refractivity (Wildman–Crippen MR) is 52.7 cm³/mol. The molecule has 0 bridgehead atoms. The fraction of sp³-hybridized carbons (Fsp3) is 0. The summed E-state index contributed by atoms with van der Waals surface area (Å²) in [5, 5.41) is 2.51. The van der Waals surface area contributed by atoms with Crippen molar-refractivity contribution < 1.29 is 0 Å². The van der Waals surface area contributed by atoms with E-state index in [1.54, 1.807) is 11.3 Å². The molecular weight excluding hydrogens is 192 g/mol. The van der Waals surface area contributed by atoms with E-state index in [2.05, 4.69) is 4.98 Å². The molecule has 0 amide bonds. The lowest BCUT2D eigenvalue weighted by Gasteiger charge is -1.91. The topological polar surface area (TPSA) is 58.9 Å². The molecule has 0 spiro atoms. The molecule has 0 fully saturated rings. The Balaban J connectivity index is 2.61. The van der Waals surface area contributed by atoms with Crippen molar-refractivity contribution in [1.29, 1.82) is 0 Å². The molecule has 0 radical (unpaired) electrons. The fourth-order valence-corrected chi connectivity index (χ4v) is 2.36. The van der Waals surface area contributed by atoms with Gasteiger partial charge in [0.1, 0.15) is 5.00 Å². The number of thiophene rings is 1. The molecule has 0 aliphatic carbocycles. The lowest BCUT2D eigenvalue weighted by atomic mass is 10.4. The average Bonchev–Trinajstić information content (AvgIpc) is 2.58. The van der Waals surface area contributed by atoms with Gasteiger partial charge in [-0.3, -0.25) is 4.79 Å². The maximum absolute atomic E-state index is 10.9. The van der Waals surface area contributed by atoms with Crippen LogP contribution in [-0.4, -0.2) is 4.98 Å². The predicted octanol–water partition coefficient (Wildman–Crippen LogP) is 1.75. The number of aromatic nitrogens is 1. The molecule has 0 atom stereocenters. The SMILES string of the molecule is Nc1sc(=O)[nH]c1-c1cccs1. The minimum Gasteiger partial charge on any atom is -0.389 e. The van der Waals surface area contributed by atoms with Crippen LogP contribution in [0, 0.1) is 0 Å². The van der Waals surface area contributed by atoms with Crippen LogP contribution in [0.25, 0.3) is 10.6 Å². The summed E-state index contributed by atoms with van der Waals surface area (Å²) in [4.78, 5) is 14.5. The number of thiazole rings is 1. The highest BCUT2D eigenvalue weighted by Gasteiger charge is 2.06. The first-order chi connectivity index (χ1) is 5.77. The minimum atomic E-state index is -0.101. The van der Waals surface area contributed by atoms with E-state index in [4.69, 9.17) is 5.73 Å². The first-order valence-corrected chi connectivity index (χ1v) is 4.99. The van der Waals surface area contributed by atoms with Crippen LogP contribution in [-0.2, 0) is 0 Å². The van der Waals surface area contributed by atoms with Gasteiger partial charge in [-0.05, 0) is 11.4 Å². The van der Waals surface area contributed by atoms with E-state index in [9.17, 15) is 4.79 Å².